The lowest BCUT2D eigenvalue weighted by molar-refractivity contribution is -0.118. The largest absolute Gasteiger partial charge is 0.482 e. The number of amides is 2. The standard InChI is InChI=1S/C17H19FN4O4/c18-13-7-20-5-10(13)4-19-6-12-8-22(17(24)26-12)11-1-2-15-14(3-11)21-16(23)9-25-15/h1-3,7,10,12,19-20H,4-6,8-9H2,(H,21,23)/t10?,12-/m1/s1. The zero-order valence-corrected chi connectivity index (χ0v) is 14.0. The van der Waals surface area contributed by atoms with Crippen molar-refractivity contribution in [1.82, 2.24) is 10.6 Å². The van der Waals surface area contributed by atoms with Gasteiger partial charge in [-0.25, -0.2) is 9.18 Å². The predicted octanol–water partition coefficient (Wildman–Crippen LogP) is 0.963. The van der Waals surface area contributed by atoms with E-state index in [0.29, 0.717) is 43.3 Å². The molecule has 8 nitrogen and oxygen atoms in total. The molecule has 1 aromatic rings. The predicted molar refractivity (Wildman–Crippen MR) is 91.7 cm³/mol. The van der Waals surface area contributed by atoms with Crippen LogP contribution in [0.15, 0.2) is 30.2 Å². The van der Waals surface area contributed by atoms with Crippen molar-refractivity contribution in [2.75, 3.05) is 43.0 Å². The number of anilines is 2. The first-order valence-electron chi connectivity index (χ1n) is 8.44. The minimum Gasteiger partial charge on any atom is -0.482 e. The number of fused-ring (bicyclic) bond motifs is 1. The molecule has 0 aromatic heterocycles. The molecule has 9 heteroatoms. The first-order chi connectivity index (χ1) is 12.6. The zero-order chi connectivity index (χ0) is 18.1. The van der Waals surface area contributed by atoms with Crippen LogP contribution in [0.5, 0.6) is 5.75 Å². The Hall–Kier alpha value is -2.81. The SMILES string of the molecule is O=C1COc2ccc(N3C[C@@H](CNCC4CNC=C4F)OC3=O)cc2N1. The number of halogens is 1. The van der Waals surface area contributed by atoms with Gasteiger partial charge in [-0.1, -0.05) is 0 Å². The molecule has 3 aliphatic heterocycles. The second-order valence-electron chi connectivity index (χ2n) is 6.43. The van der Waals surface area contributed by atoms with Crippen LogP contribution in [0.25, 0.3) is 0 Å². The summed E-state index contributed by atoms with van der Waals surface area (Å²) in [5.41, 5.74) is 1.15. The van der Waals surface area contributed by atoms with Gasteiger partial charge < -0.3 is 25.4 Å². The molecule has 26 heavy (non-hydrogen) atoms. The highest BCUT2D eigenvalue weighted by atomic mass is 19.1. The molecule has 0 radical (unpaired) electrons. The van der Waals surface area contributed by atoms with Crippen LogP contribution < -0.4 is 25.6 Å². The van der Waals surface area contributed by atoms with E-state index in [1.165, 1.54) is 11.1 Å². The highest BCUT2D eigenvalue weighted by molar-refractivity contribution is 5.97. The number of cyclic esters (lactones) is 1. The van der Waals surface area contributed by atoms with Crippen LogP contribution in [-0.2, 0) is 9.53 Å². The normalized spacial score (nSPS) is 24.3. The third-order valence-electron chi connectivity index (χ3n) is 4.54. The Kier molecular flexibility index (Phi) is 4.37. The Morgan fingerprint density at radius 3 is 3.00 bits per heavy atom. The maximum Gasteiger partial charge on any atom is 0.414 e. The Labute approximate surface area is 149 Å². The van der Waals surface area contributed by atoms with Crippen molar-refractivity contribution >= 4 is 23.4 Å². The monoisotopic (exact) mass is 362 g/mol. The maximum absolute atomic E-state index is 13.4. The number of carbonyl (C=O) groups excluding carboxylic acids is 2. The topological polar surface area (TPSA) is 91.9 Å². The summed E-state index contributed by atoms with van der Waals surface area (Å²) in [6, 6.07) is 5.15. The van der Waals surface area contributed by atoms with E-state index in [4.69, 9.17) is 9.47 Å². The van der Waals surface area contributed by atoms with E-state index in [2.05, 4.69) is 16.0 Å². The molecular formula is C17H19FN4O4. The molecule has 1 aromatic carbocycles. The van der Waals surface area contributed by atoms with Crippen LogP contribution in [0.3, 0.4) is 0 Å². The third-order valence-corrected chi connectivity index (χ3v) is 4.54. The molecule has 0 saturated carbocycles. The van der Waals surface area contributed by atoms with E-state index >= 15 is 0 Å². The van der Waals surface area contributed by atoms with E-state index in [0.717, 1.165) is 0 Å². The molecule has 0 bridgehead atoms. The summed E-state index contributed by atoms with van der Waals surface area (Å²) in [5.74, 6) is -0.0175. The lowest BCUT2D eigenvalue weighted by atomic mass is 10.1. The number of hydrogen-bond donors (Lipinski definition) is 3. The van der Waals surface area contributed by atoms with Crippen LogP contribution in [0, 0.1) is 5.92 Å². The van der Waals surface area contributed by atoms with Crippen LogP contribution in [0.2, 0.25) is 0 Å². The Balaban J connectivity index is 1.35. The molecule has 1 unspecified atom stereocenters. The van der Waals surface area contributed by atoms with Gasteiger partial charge in [0.25, 0.3) is 5.91 Å². The molecule has 138 valence electrons. The molecular weight excluding hydrogens is 343 g/mol. The van der Waals surface area contributed by atoms with Crippen molar-refractivity contribution in [3.8, 4) is 5.75 Å². The lowest BCUT2D eigenvalue weighted by Crippen LogP contribution is -2.34. The van der Waals surface area contributed by atoms with Gasteiger partial charge in [-0.15, -0.1) is 0 Å². The van der Waals surface area contributed by atoms with Gasteiger partial charge in [0.05, 0.1) is 12.2 Å². The first-order valence-corrected chi connectivity index (χ1v) is 8.44. The number of rotatable bonds is 5. The molecule has 3 aliphatic rings. The van der Waals surface area contributed by atoms with Crippen molar-refractivity contribution in [3.05, 3.63) is 30.2 Å². The van der Waals surface area contributed by atoms with Gasteiger partial charge in [-0.2, -0.15) is 0 Å². The molecule has 1 fully saturated rings. The average Bonchev–Trinajstić information content (AvgIpc) is 3.20. The smallest absolute Gasteiger partial charge is 0.414 e. The van der Waals surface area contributed by atoms with E-state index in [1.54, 1.807) is 18.2 Å². The summed E-state index contributed by atoms with van der Waals surface area (Å²) in [4.78, 5) is 25.1. The molecule has 2 amide bonds. The summed E-state index contributed by atoms with van der Waals surface area (Å²) in [5, 5.41) is 8.72. The molecule has 0 spiro atoms. The molecule has 3 heterocycles. The van der Waals surface area contributed by atoms with Gasteiger partial charge in [0.1, 0.15) is 17.7 Å². The minimum absolute atomic E-state index is 0.0157. The quantitative estimate of drug-likeness (QED) is 0.723. The molecule has 1 saturated heterocycles. The maximum atomic E-state index is 13.4. The van der Waals surface area contributed by atoms with E-state index in [-0.39, 0.29) is 30.4 Å². The second kappa shape index (κ2) is 6.83. The van der Waals surface area contributed by atoms with Gasteiger partial charge in [0, 0.05) is 37.4 Å². The second-order valence-corrected chi connectivity index (χ2v) is 6.43. The Morgan fingerprint density at radius 1 is 1.31 bits per heavy atom. The third kappa shape index (κ3) is 3.30. The van der Waals surface area contributed by atoms with Crippen molar-refractivity contribution < 1.29 is 23.5 Å². The van der Waals surface area contributed by atoms with Crippen LogP contribution in [0.4, 0.5) is 20.6 Å². The van der Waals surface area contributed by atoms with Gasteiger partial charge in [0.15, 0.2) is 6.61 Å². The summed E-state index contributed by atoms with van der Waals surface area (Å²) >= 11 is 0. The van der Waals surface area contributed by atoms with Crippen LogP contribution in [0.1, 0.15) is 0 Å². The Bertz CT molecular complexity index is 769. The Morgan fingerprint density at radius 2 is 2.19 bits per heavy atom. The number of ether oxygens (including phenoxy) is 2. The van der Waals surface area contributed by atoms with Crippen molar-refractivity contribution in [2.45, 2.75) is 6.10 Å². The van der Waals surface area contributed by atoms with Gasteiger partial charge in [0.2, 0.25) is 0 Å². The number of benzene rings is 1. The fraction of sp³-hybridized carbons (Fsp3) is 0.412. The van der Waals surface area contributed by atoms with E-state index in [9.17, 15) is 14.0 Å². The van der Waals surface area contributed by atoms with Crippen molar-refractivity contribution in [1.29, 1.82) is 0 Å². The van der Waals surface area contributed by atoms with Gasteiger partial charge in [-0.05, 0) is 18.2 Å². The molecule has 4 rings (SSSR count). The number of nitrogens with one attached hydrogen (secondary N) is 3. The van der Waals surface area contributed by atoms with Crippen LogP contribution >= 0.6 is 0 Å². The number of hydrogen-bond acceptors (Lipinski definition) is 6. The number of carbonyl (C=O) groups is 2. The zero-order valence-electron chi connectivity index (χ0n) is 14.0. The molecule has 3 N–H and O–H groups in total. The summed E-state index contributed by atoms with van der Waals surface area (Å²) < 4.78 is 24.1. The van der Waals surface area contributed by atoms with Gasteiger partial charge in [-0.3, -0.25) is 9.69 Å². The molecule has 0 aliphatic carbocycles. The van der Waals surface area contributed by atoms with E-state index in [1.807, 2.05) is 0 Å². The van der Waals surface area contributed by atoms with Crippen LogP contribution in [-0.4, -0.2) is 50.9 Å². The van der Waals surface area contributed by atoms with E-state index < -0.39 is 6.09 Å². The summed E-state index contributed by atoms with van der Waals surface area (Å²) in [6.07, 6.45) is 0.599. The summed E-state index contributed by atoms with van der Waals surface area (Å²) in [7, 11) is 0. The minimum atomic E-state index is -0.451. The first kappa shape index (κ1) is 16.6. The highest BCUT2D eigenvalue weighted by Crippen LogP contribution is 2.33. The average molecular weight is 362 g/mol. The van der Waals surface area contributed by atoms with Gasteiger partial charge >= 0.3 is 6.09 Å². The van der Waals surface area contributed by atoms with Crippen molar-refractivity contribution in [2.24, 2.45) is 5.92 Å². The van der Waals surface area contributed by atoms with Crippen molar-refractivity contribution in [3.63, 3.8) is 0 Å². The fourth-order valence-electron chi connectivity index (χ4n) is 3.18. The number of nitrogens with zero attached hydrogens (tertiary/aromatic N) is 1. The summed E-state index contributed by atoms with van der Waals surface area (Å²) in [6.45, 7) is 1.85. The highest BCUT2D eigenvalue weighted by Gasteiger charge is 2.33. The fourth-order valence-corrected chi connectivity index (χ4v) is 3.18. The molecule has 2 atom stereocenters. The lowest BCUT2D eigenvalue weighted by Gasteiger charge is -2.20.